The molecule has 1 aliphatic carbocycles. The summed E-state index contributed by atoms with van der Waals surface area (Å²) in [5.74, 6) is -4.83. The van der Waals surface area contributed by atoms with Crippen LogP contribution in [0.5, 0.6) is 0 Å². The molecule has 0 radical (unpaired) electrons. The zero-order valence-corrected chi connectivity index (χ0v) is 14.6. The molecule has 5 nitrogen and oxygen atoms in total. The molecule has 1 N–H and O–H groups in total. The van der Waals surface area contributed by atoms with Crippen molar-refractivity contribution in [2.24, 2.45) is 5.92 Å². The van der Waals surface area contributed by atoms with E-state index in [9.17, 15) is 18.4 Å². The van der Waals surface area contributed by atoms with Crippen molar-refractivity contribution in [3.8, 4) is 0 Å². The lowest BCUT2D eigenvalue weighted by Gasteiger charge is -2.24. The average molecular weight is 355 g/mol. The Bertz CT molecular complexity index is 613. The molecule has 0 spiro atoms. The zero-order valence-electron chi connectivity index (χ0n) is 14.6. The van der Waals surface area contributed by atoms with Crippen LogP contribution in [-0.2, 0) is 20.9 Å². The normalized spacial score (nSPS) is 22.3. The summed E-state index contributed by atoms with van der Waals surface area (Å²) >= 11 is 0. The van der Waals surface area contributed by atoms with Gasteiger partial charge in [-0.2, -0.15) is 0 Å². The first kappa shape index (κ1) is 19.1. The van der Waals surface area contributed by atoms with Gasteiger partial charge in [0.05, 0.1) is 12.0 Å². The van der Waals surface area contributed by atoms with E-state index in [4.69, 9.17) is 9.47 Å². The van der Waals surface area contributed by atoms with Crippen molar-refractivity contribution in [2.75, 3.05) is 0 Å². The lowest BCUT2D eigenvalue weighted by Crippen LogP contribution is -2.45. The molecule has 7 heteroatoms. The minimum absolute atomic E-state index is 0.0336. The van der Waals surface area contributed by atoms with Crippen molar-refractivity contribution in [1.82, 2.24) is 5.32 Å². The zero-order chi connectivity index (χ0) is 18.7. The number of hydrogen-bond donors (Lipinski definition) is 1. The van der Waals surface area contributed by atoms with E-state index in [-0.39, 0.29) is 13.0 Å². The Balaban J connectivity index is 1.89. The average Bonchev–Trinajstić information content (AvgIpc) is 2.79. The number of benzene rings is 1. The van der Waals surface area contributed by atoms with Gasteiger partial charge in [0.2, 0.25) is 0 Å². The summed E-state index contributed by atoms with van der Waals surface area (Å²) < 4.78 is 38.3. The number of nitrogens with one attached hydrogen (secondary N) is 1. The molecule has 1 amide bonds. The van der Waals surface area contributed by atoms with E-state index in [2.05, 4.69) is 5.32 Å². The number of ether oxygens (including phenoxy) is 2. The van der Waals surface area contributed by atoms with Gasteiger partial charge in [-0.3, -0.25) is 4.79 Å². The molecule has 0 heterocycles. The maximum absolute atomic E-state index is 14.1. The van der Waals surface area contributed by atoms with Gasteiger partial charge in [0.1, 0.15) is 12.2 Å². The molecule has 2 atom stereocenters. The summed E-state index contributed by atoms with van der Waals surface area (Å²) in [4.78, 5) is 23.8. The molecule has 1 aromatic rings. The molecule has 138 valence electrons. The van der Waals surface area contributed by atoms with E-state index < -0.39 is 42.0 Å². The predicted molar refractivity (Wildman–Crippen MR) is 87.1 cm³/mol. The largest absolute Gasteiger partial charge is 0.461 e. The van der Waals surface area contributed by atoms with Crippen molar-refractivity contribution in [3.05, 3.63) is 35.9 Å². The summed E-state index contributed by atoms with van der Waals surface area (Å²) in [6.07, 6.45) is -1.75. The van der Waals surface area contributed by atoms with E-state index in [1.807, 2.05) is 6.07 Å². The molecule has 0 unspecified atom stereocenters. The molecule has 0 aromatic heterocycles. The second-order valence-corrected chi connectivity index (χ2v) is 7.19. The highest BCUT2D eigenvalue weighted by Gasteiger charge is 2.52. The highest BCUT2D eigenvalue weighted by molar-refractivity contribution is 5.74. The van der Waals surface area contributed by atoms with Crippen LogP contribution in [-0.4, -0.2) is 29.6 Å². The van der Waals surface area contributed by atoms with Gasteiger partial charge in [0, 0.05) is 6.42 Å². The van der Waals surface area contributed by atoms with Crippen molar-refractivity contribution >= 4 is 12.1 Å². The number of alkyl halides is 2. The summed E-state index contributed by atoms with van der Waals surface area (Å²) in [7, 11) is 0. The van der Waals surface area contributed by atoms with Gasteiger partial charge in [0.25, 0.3) is 5.92 Å². The molecule has 0 saturated heterocycles. The summed E-state index contributed by atoms with van der Waals surface area (Å²) in [6, 6.07) is 7.54. The lowest BCUT2D eigenvalue weighted by molar-refractivity contribution is -0.150. The first-order valence-electron chi connectivity index (χ1n) is 8.15. The van der Waals surface area contributed by atoms with Gasteiger partial charge in [0.15, 0.2) is 0 Å². The molecule has 0 bridgehead atoms. The molecule has 0 aliphatic heterocycles. The first-order chi connectivity index (χ1) is 11.6. The fourth-order valence-electron chi connectivity index (χ4n) is 2.65. The van der Waals surface area contributed by atoms with Crippen LogP contribution in [0.25, 0.3) is 0 Å². The van der Waals surface area contributed by atoms with Crippen LogP contribution in [0.3, 0.4) is 0 Å². The van der Waals surface area contributed by atoms with Gasteiger partial charge >= 0.3 is 12.1 Å². The van der Waals surface area contributed by atoms with Crippen LogP contribution in [0.15, 0.2) is 30.3 Å². The maximum atomic E-state index is 14.1. The van der Waals surface area contributed by atoms with Crippen LogP contribution in [0.1, 0.15) is 39.2 Å². The summed E-state index contributed by atoms with van der Waals surface area (Å²) in [5, 5.41) is 2.17. The number of carbonyl (C=O) groups is 2. The van der Waals surface area contributed by atoms with Crippen LogP contribution in [0.2, 0.25) is 0 Å². The topological polar surface area (TPSA) is 64.6 Å². The van der Waals surface area contributed by atoms with E-state index in [1.165, 1.54) is 0 Å². The summed E-state index contributed by atoms with van der Waals surface area (Å²) in [5.41, 5.74) is -0.00421. The number of hydrogen-bond acceptors (Lipinski definition) is 4. The summed E-state index contributed by atoms with van der Waals surface area (Å²) in [6.45, 7) is 4.96. The first-order valence-corrected chi connectivity index (χ1v) is 8.15. The SMILES string of the molecule is CC(C)(C)OC(=O)N[C@H]1C[C@@H](C(=O)OCc2ccccc2)CC1(F)F. The Labute approximate surface area is 145 Å². The fraction of sp³-hybridized carbons (Fsp3) is 0.556. The van der Waals surface area contributed by atoms with Crippen LogP contribution < -0.4 is 5.32 Å². The minimum Gasteiger partial charge on any atom is -0.461 e. The third-order valence-corrected chi connectivity index (χ3v) is 3.80. The van der Waals surface area contributed by atoms with Crippen molar-refractivity contribution < 1.29 is 27.8 Å². The van der Waals surface area contributed by atoms with E-state index >= 15 is 0 Å². The number of alkyl carbamates (subject to hydrolysis) is 1. The molecular formula is C18H23F2NO4. The molecule has 25 heavy (non-hydrogen) atoms. The van der Waals surface area contributed by atoms with Gasteiger partial charge in [-0.15, -0.1) is 0 Å². The minimum atomic E-state index is -3.19. The van der Waals surface area contributed by atoms with Gasteiger partial charge in [-0.1, -0.05) is 30.3 Å². The Morgan fingerprint density at radius 1 is 1.24 bits per heavy atom. The Hall–Kier alpha value is -2.18. The monoisotopic (exact) mass is 355 g/mol. The molecule has 1 aromatic carbocycles. The van der Waals surface area contributed by atoms with E-state index in [0.717, 1.165) is 5.56 Å². The van der Waals surface area contributed by atoms with Crippen molar-refractivity contribution in [3.63, 3.8) is 0 Å². The Morgan fingerprint density at radius 3 is 2.48 bits per heavy atom. The van der Waals surface area contributed by atoms with Crippen LogP contribution in [0, 0.1) is 5.92 Å². The lowest BCUT2D eigenvalue weighted by atomic mass is 10.1. The molecule has 1 saturated carbocycles. The van der Waals surface area contributed by atoms with E-state index in [0.29, 0.717) is 0 Å². The van der Waals surface area contributed by atoms with Gasteiger partial charge < -0.3 is 14.8 Å². The smallest absolute Gasteiger partial charge is 0.408 e. The third-order valence-electron chi connectivity index (χ3n) is 3.80. The highest BCUT2D eigenvalue weighted by Crippen LogP contribution is 2.40. The maximum Gasteiger partial charge on any atom is 0.408 e. The van der Waals surface area contributed by atoms with Crippen molar-refractivity contribution in [1.29, 1.82) is 0 Å². The second kappa shape index (κ2) is 7.37. The molecule has 1 aliphatic rings. The highest BCUT2D eigenvalue weighted by atomic mass is 19.3. The third kappa shape index (κ3) is 5.69. The molecule has 1 fully saturated rings. The van der Waals surface area contributed by atoms with Gasteiger partial charge in [-0.25, -0.2) is 13.6 Å². The van der Waals surface area contributed by atoms with Crippen LogP contribution in [0.4, 0.5) is 13.6 Å². The number of rotatable bonds is 4. The molecule has 2 rings (SSSR count). The Morgan fingerprint density at radius 2 is 1.88 bits per heavy atom. The van der Waals surface area contributed by atoms with E-state index in [1.54, 1.807) is 45.0 Å². The number of halogens is 2. The predicted octanol–water partition coefficient (Wildman–Crippen LogP) is 3.67. The number of esters is 1. The second-order valence-electron chi connectivity index (χ2n) is 7.19. The quantitative estimate of drug-likeness (QED) is 0.837. The number of amides is 1. The standard InChI is InChI=1S/C18H23F2NO4/c1-17(2,3)25-16(23)21-14-9-13(10-18(14,19)20)15(22)24-11-12-7-5-4-6-8-12/h4-8,13-14H,9-11H2,1-3H3,(H,21,23)/t13-,14+/m1/s1. The van der Waals surface area contributed by atoms with Crippen LogP contribution >= 0.6 is 0 Å². The Kier molecular flexibility index (Phi) is 5.65. The van der Waals surface area contributed by atoms with Gasteiger partial charge in [-0.05, 0) is 32.8 Å². The number of carbonyl (C=O) groups excluding carboxylic acids is 2. The fourth-order valence-corrected chi connectivity index (χ4v) is 2.65. The van der Waals surface area contributed by atoms with Crippen molar-refractivity contribution in [2.45, 2.75) is 57.8 Å². The molecular weight excluding hydrogens is 332 g/mol.